The number of nitrogens with zero attached hydrogens (tertiary/aromatic N) is 2. The predicted octanol–water partition coefficient (Wildman–Crippen LogP) is 1.37. The van der Waals surface area contributed by atoms with E-state index in [0.717, 1.165) is 28.5 Å². The zero-order chi connectivity index (χ0) is 12.4. The van der Waals surface area contributed by atoms with Crippen LogP contribution in [-0.2, 0) is 6.54 Å². The van der Waals surface area contributed by atoms with Crippen LogP contribution in [0.2, 0.25) is 0 Å². The zero-order valence-corrected chi connectivity index (χ0v) is 9.80. The van der Waals surface area contributed by atoms with Crippen LogP contribution in [0.1, 0.15) is 5.69 Å². The average Bonchev–Trinajstić information content (AvgIpc) is 2.47. The largest absolute Gasteiger partial charge is 0.486 e. The Labute approximate surface area is 105 Å². The highest BCUT2D eigenvalue weighted by atomic mass is 16.6. The van der Waals surface area contributed by atoms with Crippen molar-refractivity contribution >= 4 is 0 Å². The van der Waals surface area contributed by atoms with Crippen molar-refractivity contribution < 1.29 is 9.47 Å². The third kappa shape index (κ3) is 2.00. The van der Waals surface area contributed by atoms with Crippen molar-refractivity contribution in [2.24, 2.45) is 5.73 Å². The SMILES string of the molecule is NCc1ccc(-c2ccc3c(c2)OCCO3)nn1. The Bertz CT molecular complexity index is 555. The highest BCUT2D eigenvalue weighted by Crippen LogP contribution is 2.33. The van der Waals surface area contributed by atoms with Gasteiger partial charge in [0.1, 0.15) is 13.2 Å². The highest BCUT2D eigenvalue weighted by molar-refractivity contribution is 5.63. The molecule has 5 nitrogen and oxygen atoms in total. The molecule has 0 radical (unpaired) electrons. The molecule has 1 aliphatic rings. The summed E-state index contributed by atoms with van der Waals surface area (Å²) in [6, 6.07) is 9.53. The Morgan fingerprint density at radius 2 is 1.83 bits per heavy atom. The second kappa shape index (κ2) is 4.62. The second-order valence-corrected chi connectivity index (χ2v) is 3.97. The first-order valence-corrected chi connectivity index (χ1v) is 5.79. The van der Waals surface area contributed by atoms with Gasteiger partial charge in [0, 0.05) is 12.1 Å². The number of hydrogen-bond acceptors (Lipinski definition) is 5. The van der Waals surface area contributed by atoms with E-state index in [1.165, 1.54) is 0 Å². The smallest absolute Gasteiger partial charge is 0.162 e. The van der Waals surface area contributed by atoms with E-state index >= 15 is 0 Å². The molecule has 0 aliphatic carbocycles. The molecule has 1 aromatic carbocycles. The van der Waals surface area contributed by atoms with E-state index in [1.54, 1.807) is 0 Å². The van der Waals surface area contributed by atoms with Crippen molar-refractivity contribution in [1.29, 1.82) is 0 Å². The van der Waals surface area contributed by atoms with Gasteiger partial charge in [0.25, 0.3) is 0 Å². The fourth-order valence-corrected chi connectivity index (χ4v) is 1.83. The molecule has 3 rings (SSSR count). The molecule has 0 saturated heterocycles. The molecule has 5 heteroatoms. The van der Waals surface area contributed by atoms with Gasteiger partial charge in [0.15, 0.2) is 11.5 Å². The summed E-state index contributed by atoms with van der Waals surface area (Å²) >= 11 is 0. The topological polar surface area (TPSA) is 70.3 Å². The number of nitrogens with two attached hydrogens (primary N) is 1. The van der Waals surface area contributed by atoms with Crippen molar-refractivity contribution in [3.63, 3.8) is 0 Å². The molecule has 92 valence electrons. The summed E-state index contributed by atoms with van der Waals surface area (Å²) in [4.78, 5) is 0. The number of aromatic nitrogens is 2. The van der Waals surface area contributed by atoms with Crippen LogP contribution in [0.15, 0.2) is 30.3 Å². The first-order valence-electron chi connectivity index (χ1n) is 5.79. The van der Waals surface area contributed by atoms with Gasteiger partial charge in [0.05, 0.1) is 11.4 Å². The maximum atomic E-state index is 5.54. The van der Waals surface area contributed by atoms with Crippen LogP contribution < -0.4 is 15.2 Å². The molecule has 0 fully saturated rings. The molecule has 0 atom stereocenters. The average molecular weight is 243 g/mol. The molecule has 0 spiro atoms. The fourth-order valence-electron chi connectivity index (χ4n) is 1.83. The molecule has 0 saturated carbocycles. The summed E-state index contributed by atoms with van der Waals surface area (Å²) in [6.07, 6.45) is 0. The van der Waals surface area contributed by atoms with E-state index in [-0.39, 0.29) is 0 Å². The van der Waals surface area contributed by atoms with Crippen LogP contribution in [0, 0.1) is 0 Å². The third-order valence-corrected chi connectivity index (χ3v) is 2.77. The standard InChI is InChI=1S/C13H13N3O2/c14-8-10-2-3-11(16-15-10)9-1-4-12-13(7-9)18-6-5-17-12/h1-4,7H,5-6,8,14H2. The molecule has 0 unspecified atom stereocenters. The monoisotopic (exact) mass is 243 g/mol. The van der Waals surface area contributed by atoms with E-state index in [0.29, 0.717) is 19.8 Å². The van der Waals surface area contributed by atoms with Crippen LogP contribution in [0.4, 0.5) is 0 Å². The lowest BCUT2D eigenvalue weighted by Crippen LogP contribution is -2.15. The second-order valence-electron chi connectivity index (χ2n) is 3.97. The first-order chi connectivity index (χ1) is 8.86. The van der Waals surface area contributed by atoms with Gasteiger partial charge in [-0.3, -0.25) is 0 Å². The Kier molecular flexibility index (Phi) is 2.82. The molecule has 2 aromatic rings. The van der Waals surface area contributed by atoms with Crippen LogP contribution in [0.3, 0.4) is 0 Å². The quantitative estimate of drug-likeness (QED) is 0.862. The first kappa shape index (κ1) is 11.0. The van der Waals surface area contributed by atoms with Gasteiger partial charge in [-0.15, -0.1) is 0 Å². The Morgan fingerprint density at radius 3 is 2.56 bits per heavy atom. The minimum atomic E-state index is 0.397. The number of rotatable bonds is 2. The normalized spacial score (nSPS) is 13.4. The van der Waals surface area contributed by atoms with Crippen molar-refractivity contribution in [1.82, 2.24) is 10.2 Å². The summed E-state index contributed by atoms with van der Waals surface area (Å²) in [5.74, 6) is 1.53. The summed E-state index contributed by atoms with van der Waals surface area (Å²) in [5.41, 5.74) is 8.01. The van der Waals surface area contributed by atoms with Gasteiger partial charge in [-0.05, 0) is 30.3 Å². The van der Waals surface area contributed by atoms with Gasteiger partial charge in [-0.25, -0.2) is 0 Å². The summed E-state index contributed by atoms with van der Waals surface area (Å²) in [7, 11) is 0. The summed E-state index contributed by atoms with van der Waals surface area (Å²) < 4.78 is 11.0. The summed E-state index contributed by atoms with van der Waals surface area (Å²) in [5, 5.41) is 8.18. The number of benzene rings is 1. The zero-order valence-electron chi connectivity index (χ0n) is 9.80. The van der Waals surface area contributed by atoms with Gasteiger partial charge in [0.2, 0.25) is 0 Å². The maximum Gasteiger partial charge on any atom is 0.162 e. The minimum Gasteiger partial charge on any atom is -0.486 e. The molecular formula is C13H13N3O2. The third-order valence-electron chi connectivity index (χ3n) is 2.77. The van der Waals surface area contributed by atoms with Gasteiger partial charge < -0.3 is 15.2 Å². The molecule has 2 N–H and O–H groups in total. The van der Waals surface area contributed by atoms with Gasteiger partial charge >= 0.3 is 0 Å². The minimum absolute atomic E-state index is 0.397. The van der Waals surface area contributed by atoms with Crippen molar-refractivity contribution in [3.05, 3.63) is 36.0 Å². The molecule has 2 heterocycles. The molecule has 1 aromatic heterocycles. The van der Waals surface area contributed by atoms with E-state index in [1.807, 2.05) is 30.3 Å². The lowest BCUT2D eigenvalue weighted by molar-refractivity contribution is 0.171. The Balaban J connectivity index is 1.95. The highest BCUT2D eigenvalue weighted by Gasteiger charge is 2.12. The fraction of sp³-hybridized carbons (Fsp3) is 0.231. The molecule has 1 aliphatic heterocycles. The lowest BCUT2D eigenvalue weighted by Gasteiger charge is -2.18. The van der Waals surface area contributed by atoms with Crippen LogP contribution in [-0.4, -0.2) is 23.4 Å². The number of fused-ring (bicyclic) bond motifs is 1. The van der Waals surface area contributed by atoms with E-state index in [2.05, 4.69) is 10.2 Å². The van der Waals surface area contributed by atoms with Crippen LogP contribution in [0.25, 0.3) is 11.3 Å². The van der Waals surface area contributed by atoms with Gasteiger partial charge in [-0.1, -0.05) is 0 Å². The molecule has 18 heavy (non-hydrogen) atoms. The van der Waals surface area contributed by atoms with E-state index in [4.69, 9.17) is 15.2 Å². The predicted molar refractivity (Wildman–Crippen MR) is 66.3 cm³/mol. The maximum absolute atomic E-state index is 5.54. The van der Waals surface area contributed by atoms with Crippen LogP contribution in [0.5, 0.6) is 11.5 Å². The molecule has 0 bridgehead atoms. The molecule has 0 amide bonds. The van der Waals surface area contributed by atoms with Crippen molar-refractivity contribution in [2.45, 2.75) is 6.54 Å². The lowest BCUT2D eigenvalue weighted by atomic mass is 10.1. The van der Waals surface area contributed by atoms with Crippen LogP contribution >= 0.6 is 0 Å². The van der Waals surface area contributed by atoms with Crippen molar-refractivity contribution in [3.8, 4) is 22.8 Å². The van der Waals surface area contributed by atoms with E-state index < -0.39 is 0 Å². The van der Waals surface area contributed by atoms with Crippen molar-refractivity contribution in [2.75, 3.05) is 13.2 Å². The molecular weight excluding hydrogens is 230 g/mol. The summed E-state index contributed by atoms with van der Waals surface area (Å²) in [6.45, 7) is 1.57. The Hall–Kier alpha value is -2.14. The number of ether oxygens (including phenoxy) is 2. The van der Waals surface area contributed by atoms with E-state index in [9.17, 15) is 0 Å². The number of hydrogen-bond donors (Lipinski definition) is 1. The van der Waals surface area contributed by atoms with Gasteiger partial charge in [-0.2, -0.15) is 10.2 Å². The Morgan fingerprint density at radius 1 is 1.00 bits per heavy atom.